The van der Waals surface area contributed by atoms with Crippen molar-refractivity contribution < 1.29 is 40.9 Å². The van der Waals surface area contributed by atoms with E-state index in [1.54, 1.807) is 0 Å². The maximum Gasteiger partial charge on any atom is 0.400 e. The van der Waals surface area contributed by atoms with Gasteiger partial charge in [0, 0.05) is 18.1 Å². The smallest absolute Gasteiger partial charge is 0.400 e. The van der Waals surface area contributed by atoms with Crippen molar-refractivity contribution in [3.8, 4) is 5.75 Å². The van der Waals surface area contributed by atoms with Gasteiger partial charge in [-0.1, -0.05) is 19.1 Å². The molecule has 36 heavy (non-hydrogen) atoms. The van der Waals surface area contributed by atoms with Gasteiger partial charge in [-0.15, -0.1) is 0 Å². The van der Waals surface area contributed by atoms with Gasteiger partial charge in [0.25, 0.3) is 6.48 Å². The van der Waals surface area contributed by atoms with E-state index in [1.165, 1.54) is 0 Å². The van der Waals surface area contributed by atoms with Crippen LogP contribution in [0.25, 0.3) is 0 Å². The van der Waals surface area contributed by atoms with Crippen LogP contribution in [0.4, 0.5) is 22.0 Å². The molecule has 2 aliphatic carbocycles. The van der Waals surface area contributed by atoms with Gasteiger partial charge in [-0.05, 0) is 69.1 Å². The minimum atomic E-state index is -3.59. The van der Waals surface area contributed by atoms with Gasteiger partial charge in [-0.25, -0.2) is 13.2 Å². The Balaban J connectivity index is 1.16. The highest BCUT2D eigenvalue weighted by atomic mass is 19.3. The molecule has 4 rings (SSSR count). The van der Waals surface area contributed by atoms with Crippen molar-refractivity contribution in [1.29, 1.82) is 0 Å². The van der Waals surface area contributed by atoms with Gasteiger partial charge in [-0.2, -0.15) is 8.78 Å². The molecule has 0 amide bonds. The molecule has 0 atom stereocenters. The number of rotatable bonds is 8. The van der Waals surface area contributed by atoms with Crippen LogP contribution in [0.3, 0.4) is 0 Å². The van der Waals surface area contributed by atoms with Crippen molar-refractivity contribution in [2.45, 2.75) is 70.9 Å². The van der Waals surface area contributed by atoms with Crippen molar-refractivity contribution in [2.75, 3.05) is 19.8 Å². The number of hydrogen-bond acceptors (Lipinski definition) is 4. The third-order valence-electron chi connectivity index (χ3n) is 7.51. The molecular formula is C27H35F5O4. The lowest BCUT2D eigenvalue weighted by atomic mass is 9.79. The summed E-state index contributed by atoms with van der Waals surface area (Å²) < 4.78 is 90.3. The van der Waals surface area contributed by atoms with Crippen LogP contribution >= 0.6 is 0 Å². The van der Waals surface area contributed by atoms with Crippen molar-refractivity contribution >= 4 is 0 Å². The summed E-state index contributed by atoms with van der Waals surface area (Å²) in [5, 5.41) is 0. The number of halogens is 5. The molecule has 0 radical (unpaired) electrons. The first-order valence-corrected chi connectivity index (χ1v) is 12.9. The van der Waals surface area contributed by atoms with Gasteiger partial charge < -0.3 is 18.9 Å². The van der Waals surface area contributed by atoms with Crippen LogP contribution in [-0.4, -0.2) is 32.4 Å². The van der Waals surface area contributed by atoms with Gasteiger partial charge in [0.2, 0.25) is 0 Å². The summed E-state index contributed by atoms with van der Waals surface area (Å²) in [5.41, 5.74) is 0. The molecule has 1 aromatic rings. The average molecular weight is 519 g/mol. The summed E-state index contributed by atoms with van der Waals surface area (Å²) >= 11 is 0. The lowest BCUT2D eigenvalue weighted by Gasteiger charge is -2.33. The molecule has 0 bridgehead atoms. The molecule has 0 N–H and O–H groups in total. The van der Waals surface area contributed by atoms with Crippen LogP contribution in [0.1, 0.15) is 58.3 Å². The summed E-state index contributed by atoms with van der Waals surface area (Å²) in [7, 11) is 0. The van der Waals surface area contributed by atoms with Crippen LogP contribution < -0.4 is 4.74 Å². The summed E-state index contributed by atoms with van der Waals surface area (Å²) in [6, 6.07) is 0.888. The van der Waals surface area contributed by atoms with E-state index >= 15 is 0 Å². The third-order valence-corrected chi connectivity index (χ3v) is 7.51. The van der Waals surface area contributed by atoms with Crippen molar-refractivity contribution in [2.24, 2.45) is 29.6 Å². The number of alkyl halides is 2. The SMILES string of the molecule is CC1COC(OCC2CCC(/C=C/C3CCC(C(F)(F)Oc4cc(F)c(F)c(F)c4)CC3)CC2)OC1. The molecule has 9 heteroatoms. The second-order valence-corrected chi connectivity index (χ2v) is 10.5. The highest BCUT2D eigenvalue weighted by Gasteiger charge is 2.44. The first-order valence-electron chi connectivity index (χ1n) is 12.9. The van der Waals surface area contributed by atoms with E-state index in [-0.39, 0.29) is 18.8 Å². The van der Waals surface area contributed by atoms with E-state index in [0.29, 0.717) is 62.5 Å². The third kappa shape index (κ3) is 7.42. The molecule has 4 nitrogen and oxygen atoms in total. The fourth-order valence-corrected chi connectivity index (χ4v) is 5.23. The van der Waals surface area contributed by atoms with Crippen LogP contribution in [0.5, 0.6) is 5.75 Å². The minimum absolute atomic E-state index is 0.224. The largest absolute Gasteiger partial charge is 0.432 e. The van der Waals surface area contributed by atoms with E-state index in [0.717, 1.165) is 25.7 Å². The normalized spacial score (nSPS) is 32.1. The van der Waals surface area contributed by atoms with Crippen molar-refractivity contribution in [1.82, 2.24) is 0 Å². The molecule has 1 heterocycles. The topological polar surface area (TPSA) is 36.9 Å². The molecule has 2 saturated carbocycles. The standard InChI is InChI=1S/C27H35F5O4/c1-17-14-33-26(34-15-17)35-16-20-6-4-18(5-7-20)2-3-19-8-10-21(11-9-19)27(31,32)36-22-12-23(28)25(30)24(29)13-22/h2-3,12-13,17-21,26H,4-11,14-16H2,1H3/b3-2+. The Bertz CT molecular complexity index is 848. The van der Waals surface area contributed by atoms with E-state index in [4.69, 9.17) is 14.2 Å². The lowest BCUT2D eigenvalue weighted by Crippen LogP contribution is -2.37. The molecule has 0 unspecified atom stereocenters. The summed E-state index contributed by atoms with van der Waals surface area (Å²) in [4.78, 5) is 0. The van der Waals surface area contributed by atoms with E-state index < -0.39 is 41.7 Å². The summed E-state index contributed by atoms with van der Waals surface area (Å²) in [6.45, 7) is 3.46. The zero-order chi connectivity index (χ0) is 25.7. The van der Waals surface area contributed by atoms with Crippen LogP contribution in [-0.2, 0) is 14.2 Å². The molecule has 1 aromatic carbocycles. The number of benzene rings is 1. The molecule has 202 valence electrons. The summed E-state index contributed by atoms with van der Waals surface area (Å²) in [6.07, 6.45) is 6.74. The predicted molar refractivity (Wildman–Crippen MR) is 123 cm³/mol. The number of allylic oxidation sites excluding steroid dienone is 2. The molecule has 3 aliphatic rings. The molecule has 1 aliphatic heterocycles. The van der Waals surface area contributed by atoms with Crippen LogP contribution in [0.2, 0.25) is 0 Å². The van der Waals surface area contributed by atoms with E-state index in [2.05, 4.69) is 23.8 Å². The Morgan fingerprint density at radius 2 is 1.39 bits per heavy atom. The maximum atomic E-state index is 14.6. The molecule has 0 spiro atoms. The zero-order valence-electron chi connectivity index (χ0n) is 20.6. The first kappa shape index (κ1) is 27.3. The lowest BCUT2D eigenvalue weighted by molar-refractivity contribution is -0.324. The highest BCUT2D eigenvalue weighted by Crippen LogP contribution is 2.41. The van der Waals surface area contributed by atoms with Gasteiger partial charge >= 0.3 is 6.11 Å². The highest BCUT2D eigenvalue weighted by molar-refractivity contribution is 5.25. The van der Waals surface area contributed by atoms with Gasteiger partial charge in [-0.3, -0.25) is 0 Å². The quantitative estimate of drug-likeness (QED) is 0.207. The first-order chi connectivity index (χ1) is 17.2. The van der Waals surface area contributed by atoms with Gasteiger partial charge in [0.05, 0.1) is 25.7 Å². The molecule has 0 aromatic heterocycles. The van der Waals surface area contributed by atoms with Crippen LogP contribution in [0.15, 0.2) is 24.3 Å². The zero-order valence-corrected chi connectivity index (χ0v) is 20.6. The summed E-state index contributed by atoms with van der Waals surface area (Å²) in [5.74, 6) is -5.01. The molecule has 1 saturated heterocycles. The second kappa shape index (κ2) is 12.2. The Morgan fingerprint density at radius 3 is 1.94 bits per heavy atom. The fraction of sp³-hybridized carbons (Fsp3) is 0.704. The van der Waals surface area contributed by atoms with Crippen molar-refractivity contribution in [3.05, 3.63) is 41.7 Å². The van der Waals surface area contributed by atoms with Gasteiger partial charge in [0.1, 0.15) is 5.75 Å². The Morgan fingerprint density at radius 1 is 0.861 bits per heavy atom. The monoisotopic (exact) mass is 518 g/mol. The van der Waals surface area contributed by atoms with E-state index in [9.17, 15) is 22.0 Å². The maximum absolute atomic E-state index is 14.6. The predicted octanol–water partition coefficient (Wildman–Crippen LogP) is 7.23. The Kier molecular flexibility index (Phi) is 9.28. The second-order valence-electron chi connectivity index (χ2n) is 10.5. The van der Waals surface area contributed by atoms with Crippen molar-refractivity contribution in [3.63, 3.8) is 0 Å². The molecular weight excluding hydrogens is 483 g/mol. The Labute approximate surface area is 209 Å². The number of hydrogen-bond donors (Lipinski definition) is 0. The van der Waals surface area contributed by atoms with Gasteiger partial charge in [0.15, 0.2) is 17.5 Å². The number of ether oxygens (including phenoxy) is 4. The fourth-order valence-electron chi connectivity index (χ4n) is 5.23. The average Bonchev–Trinajstić information content (AvgIpc) is 2.86. The van der Waals surface area contributed by atoms with E-state index in [1.807, 2.05) is 0 Å². The Hall–Kier alpha value is -1.71. The minimum Gasteiger partial charge on any atom is -0.432 e. The van der Waals surface area contributed by atoms with Crippen LogP contribution in [0, 0.1) is 47.0 Å². The molecule has 3 fully saturated rings.